The first-order chi connectivity index (χ1) is 15.8. The van der Waals surface area contributed by atoms with Crippen LogP contribution in [0.15, 0.2) is 42.7 Å². The molecule has 1 aliphatic rings. The molecule has 2 aromatic rings. The van der Waals surface area contributed by atoms with E-state index in [4.69, 9.17) is 11.0 Å². The van der Waals surface area contributed by atoms with Gasteiger partial charge in [-0.1, -0.05) is 6.07 Å². The van der Waals surface area contributed by atoms with E-state index in [1.54, 1.807) is 41.0 Å². The Morgan fingerprint density at radius 3 is 2.52 bits per heavy atom. The molecule has 0 radical (unpaired) electrons. The highest BCUT2D eigenvalue weighted by molar-refractivity contribution is 6.25. The van der Waals surface area contributed by atoms with Gasteiger partial charge in [0.15, 0.2) is 0 Å². The van der Waals surface area contributed by atoms with E-state index in [-0.39, 0.29) is 23.8 Å². The molecule has 3 N–H and O–H groups in total. The fraction of sp³-hybridized carbons (Fsp3) is 0.304. The van der Waals surface area contributed by atoms with Gasteiger partial charge in [0.1, 0.15) is 5.82 Å². The van der Waals surface area contributed by atoms with Crippen molar-refractivity contribution in [3.8, 4) is 6.07 Å². The van der Waals surface area contributed by atoms with Crippen molar-refractivity contribution < 1.29 is 18.4 Å². The van der Waals surface area contributed by atoms with Crippen LogP contribution in [0.3, 0.4) is 0 Å². The number of rotatable bonds is 6. The molecule has 1 saturated heterocycles. The Morgan fingerprint density at radius 2 is 1.97 bits per heavy atom. The van der Waals surface area contributed by atoms with Gasteiger partial charge in [-0.15, -0.1) is 0 Å². The van der Waals surface area contributed by atoms with Crippen molar-refractivity contribution in [1.29, 1.82) is 5.26 Å². The smallest absolute Gasteiger partial charge is 0.258 e. The zero-order chi connectivity index (χ0) is 24.0. The van der Waals surface area contributed by atoms with Crippen LogP contribution in [0.1, 0.15) is 27.0 Å². The zero-order valence-corrected chi connectivity index (χ0v) is 18.1. The van der Waals surface area contributed by atoms with E-state index in [9.17, 15) is 18.4 Å². The van der Waals surface area contributed by atoms with E-state index < -0.39 is 12.3 Å². The minimum Gasteiger partial charge on any atom is -0.404 e. The Kier molecular flexibility index (Phi) is 7.69. The zero-order valence-electron chi connectivity index (χ0n) is 18.1. The number of amides is 2. The summed E-state index contributed by atoms with van der Waals surface area (Å²) >= 11 is 0. The standard InChI is InChI=1S/C23H24F2N6O2/c1-15-10-16(11-26)2-4-18(15)19(12-27)22(32)29-21-5-3-17(13-28-21)23(33)31-8-6-30(7-9-31)14-20(24)25/h2-5,10,12-13,20H,6-9,14,27H2,1H3,(H,28,29,32). The molecule has 33 heavy (non-hydrogen) atoms. The van der Waals surface area contributed by atoms with Gasteiger partial charge in [-0.3, -0.25) is 14.5 Å². The van der Waals surface area contributed by atoms with Crippen LogP contribution in [-0.2, 0) is 4.79 Å². The number of aromatic nitrogens is 1. The third-order valence-corrected chi connectivity index (χ3v) is 5.36. The first-order valence-electron chi connectivity index (χ1n) is 10.3. The number of piperazine rings is 1. The van der Waals surface area contributed by atoms with Gasteiger partial charge in [-0.25, -0.2) is 13.8 Å². The summed E-state index contributed by atoms with van der Waals surface area (Å²) in [5.74, 6) is -0.483. The minimum absolute atomic E-state index is 0.223. The monoisotopic (exact) mass is 454 g/mol. The highest BCUT2D eigenvalue weighted by Gasteiger charge is 2.24. The van der Waals surface area contributed by atoms with Gasteiger partial charge in [0, 0.05) is 38.6 Å². The minimum atomic E-state index is -2.39. The number of nitrogens with one attached hydrogen (secondary N) is 1. The van der Waals surface area contributed by atoms with Gasteiger partial charge >= 0.3 is 0 Å². The number of alkyl halides is 2. The fourth-order valence-corrected chi connectivity index (χ4v) is 3.61. The van der Waals surface area contributed by atoms with Crippen molar-refractivity contribution in [3.05, 3.63) is 65.0 Å². The molecule has 1 aliphatic heterocycles. The van der Waals surface area contributed by atoms with Crippen LogP contribution < -0.4 is 11.1 Å². The molecule has 2 amide bonds. The normalized spacial score (nSPS) is 14.8. The molecule has 2 heterocycles. The van der Waals surface area contributed by atoms with Gasteiger partial charge in [0.2, 0.25) is 0 Å². The second-order valence-corrected chi connectivity index (χ2v) is 7.59. The van der Waals surface area contributed by atoms with E-state index in [0.717, 1.165) is 5.56 Å². The number of benzene rings is 1. The first kappa shape index (κ1) is 23.8. The molecule has 8 nitrogen and oxygen atoms in total. The lowest BCUT2D eigenvalue weighted by atomic mass is 9.98. The molecule has 0 bridgehead atoms. The van der Waals surface area contributed by atoms with Crippen LogP contribution in [0.5, 0.6) is 0 Å². The Bertz CT molecular complexity index is 1090. The maximum atomic E-state index is 12.7. The average molecular weight is 454 g/mol. The van der Waals surface area contributed by atoms with E-state index in [1.165, 1.54) is 18.5 Å². The molecule has 0 atom stereocenters. The van der Waals surface area contributed by atoms with Crippen molar-refractivity contribution in [2.45, 2.75) is 13.3 Å². The van der Waals surface area contributed by atoms with Crippen LogP contribution in [0.2, 0.25) is 0 Å². The molecule has 1 aromatic carbocycles. The number of carbonyl (C=O) groups is 2. The Morgan fingerprint density at radius 1 is 1.24 bits per heavy atom. The number of aryl methyl sites for hydroxylation is 1. The molecular formula is C23H24F2N6O2. The quantitative estimate of drug-likeness (QED) is 0.647. The van der Waals surface area contributed by atoms with E-state index >= 15 is 0 Å². The lowest BCUT2D eigenvalue weighted by molar-refractivity contribution is -0.111. The van der Waals surface area contributed by atoms with Crippen molar-refractivity contribution >= 4 is 23.2 Å². The highest BCUT2D eigenvalue weighted by atomic mass is 19.3. The lowest BCUT2D eigenvalue weighted by Crippen LogP contribution is -2.49. The summed E-state index contributed by atoms with van der Waals surface area (Å²) in [5.41, 5.74) is 8.03. The third-order valence-electron chi connectivity index (χ3n) is 5.36. The van der Waals surface area contributed by atoms with Gasteiger partial charge in [0.05, 0.1) is 29.3 Å². The Hall–Kier alpha value is -3.84. The van der Waals surface area contributed by atoms with Crippen molar-refractivity contribution in [3.63, 3.8) is 0 Å². The fourth-order valence-electron chi connectivity index (χ4n) is 3.61. The molecule has 10 heteroatoms. The average Bonchev–Trinajstić information content (AvgIpc) is 2.80. The third kappa shape index (κ3) is 5.90. The van der Waals surface area contributed by atoms with E-state index in [2.05, 4.69) is 10.3 Å². The molecule has 0 unspecified atom stereocenters. The predicted octanol–water partition coefficient (Wildman–Crippen LogP) is 2.22. The van der Waals surface area contributed by atoms with Crippen molar-refractivity contribution in [2.24, 2.45) is 5.73 Å². The first-order valence-corrected chi connectivity index (χ1v) is 10.3. The van der Waals surface area contributed by atoms with Crippen molar-refractivity contribution in [2.75, 3.05) is 38.0 Å². The molecule has 0 aliphatic carbocycles. The number of halogens is 2. The largest absolute Gasteiger partial charge is 0.404 e. The van der Waals surface area contributed by atoms with Gasteiger partial charge in [0.25, 0.3) is 18.2 Å². The molecule has 0 spiro atoms. The maximum Gasteiger partial charge on any atom is 0.258 e. The summed E-state index contributed by atoms with van der Waals surface area (Å²) in [6, 6.07) is 10.0. The number of nitrogens with two attached hydrogens (primary N) is 1. The van der Waals surface area contributed by atoms with Crippen LogP contribution in [0.25, 0.3) is 5.57 Å². The number of hydrogen-bond acceptors (Lipinski definition) is 6. The van der Waals surface area contributed by atoms with Crippen molar-refractivity contribution in [1.82, 2.24) is 14.8 Å². The number of pyridine rings is 1. The maximum absolute atomic E-state index is 12.7. The van der Waals surface area contributed by atoms with Gasteiger partial charge in [-0.2, -0.15) is 5.26 Å². The number of anilines is 1. The van der Waals surface area contributed by atoms with Crippen LogP contribution in [0, 0.1) is 18.3 Å². The van der Waals surface area contributed by atoms with Crippen LogP contribution >= 0.6 is 0 Å². The summed E-state index contributed by atoms with van der Waals surface area (Å²) in [6.45, 7) is 2.98. The summed E-state index contributed by atoms with van der Waals surface area (Å²) < 4.78 is 25.0. The van der Waals surface area contributed by atoms with E-state index in [0.29, 0.717) is 42.9 Å². The van der Waals surface area contributed by atoms with Crippen LogP contribution in [0.4, 0.5) is 14.6 Å². The number of nitriles is 1. The number of carbonyl (C=O) groups excluding carboxylic acids is 2. The lowest BCUT2D eigenvalue weighted by Gasteiger charge is -2.34. The second kappa shape index (κ2) is 10.7. The molecular weight excluding hydrogens is 430 g/mol. The Balaban J connectivity index is 1.62. The molecule has 1 fully saturated rings. The topological polar surface area (TPSA) is 115 Å². The summed E-state index contributed by atoms with van der Waals surface area (Å²) in [6.07, 6.45) is 0.159. The SMILES string of the molecule is Cc1cc(C#N)ccc1C(=CN)C(=O)Nc1ccc(C(=O)N2CCN(CC(F)F)CC2)cn1. The van der Waals surface area contributed by atoms with E-state index in [1.807, 2.05) is 6.07 Å². The van der Waals surface area contributed by atoms with Gasteiger partial charge < -0.3 is 16.0 Å². The number of nitrogens with zero attached hydrogens (tertiary/aromatic N) is 4. The summed E-state index contributed by atoms with van der Waals surface area (Å²) in [5, 5.41) is 11.7. The summed E-state index contributed by atoms with van der Waals surface area (Å²) in [4.78, 5) is 32.8. The molecule has 172 valence electrons. The summed E-state index contributed by atoms with van der Waals surface area (Å²) in [7, 11) is 0. The Labute approximate surface area is 190 Å². The second-order valence-electron chi connectivity index (χ2n) is 7.59. The predicted molar refractivity (Wildman–Crippen MR) is 119 cm³/mol. The molecule has 3 rings (SSSR count). The molecule has 1 aromatic heterocycles. The van der Waals surface area contributed by atoms with Gasteiger partial charge in [-0.05, 0) is 42.3 Å². The van der Waals surface area contributed by atoms with Crippen LogP contribution in [-0.4, -0.2) is 65.7 Å². The highest BCUT2D eigenvalue weighted by Crippen LogP contribution is 2.21. The molecule has 0 saturated carbocycles. The number of hydrogen-bond donors (Lipinski definition) is 2.